The van der Waals surface area contributed by atoms with E-state index in [9.17, 15) is 4.39 Å². The first-order valence-electron chi connectivity index (χ1n) is 8.79. The summed E-state index contributed by atoms with van der Waals surface area (Å²) in [5, 5.41) is 0. The van der Waals surface area contributed by atoms with Gasteiger partial charge in [0.25, 0.3) is 0 Å². The summed E-state index contributed by atoms with van der Waals surface area (Å²) in [6.45, 7) is 0. The number of hydrogen-bond acceptors (Lipinski definition) is 1. The molecule has 3 aliphatic rings. The second-order valence-corrected chi connectivity index (χ2v) is 7.09. The van der Waals surface area contributed by atoms with Gasteiger partial charge in [0.15, 0.2) is 0 Å². The maximum absolute atomic E-state index is 13.4. The molecular formula is C22H20FN. The highest BCUT2D eigenvalue weighted by molar-refractivity contribution is 5.60. The van der Waals surface area contributed by atoms with Crippen LogP contribution in [0.5, 0.6) is 0 Å². The molecule has 0 radical (unpaired) electrons. The van der Waals surface area contributed by atoms with E-state index in [4.69, 9.17) is 0 Å². The molecular weight excluding hydrogens is 297 g/mol. The summed E-state index contributed by atoms with van der Waals surface area (Å²) in [6, 6.07) is 16.7. The number of nitrogens with zero attached hydrogens (tertiary/aromatic N) is 1. The van der Waals surface area contributed by atoms with Crippen molar-refractivity contribution in [3.05, 3.63) is 89.8 Å². The van der Waals surface area contributed by atoms with Crippen molar-refractivity contribution in [1.82, 2.24) is 0 Å². The van der Waals surface area contributed by atoms with Gasteiger partial charge in [-0.2, -0.15) is 0 Å². The second-order valence-electron chi connectivity index (χ2n) is 7.09. The first-order valence-corrected chi connectivity index (χ1v) is 8.79. The second kappa shape index (κ2) is 5.34. The van der Waals surface area contributed by atoms with E-state index >= 15 is 0 Å². The Bertz CT molecular complexity index is 820. The van der Waals surface area contributed by atoms with Crippen LogP contribution >= 0.6 is 0 Å². The molecule has 5 rings (SSSR count). The van der Waals surface area contributed by atoms with E-state index in [1.165, 1.54) is 17.5 Å². The molecule has 2 heterocycles. The Hall–Kier alpha value is -2.35. The minimum atomic E-state index is -0.167. The van der Waals surface area contributed by atoms with Gasteiger partial charge in [0, 0.05) is 5.69 Å². The average molecular weight is 317 g/mol. The summed E-state index contributed by atoms with van der Waals surface area (Å²) in [4.78, 5) is 2.53. The number of anilines is 1. The lowest BCUT2D eigenvalue weighted by Gasteiger charge is -2.31. The zero-order chi connectivity index (χ0) is 16.1. The molecule has 0 N–H and O–H groups in total. The van der Waals surface area contributed by atoms with Crippen molar-refractivity contribution >= 4 is 5.69 Å². The molecule has 1 aliphatic carbocycles. The van der Waals surface area contributed by atoms with E-state index in [-0.39, 0.29) is 5.82 Å². The standard InChI is InChI=1S/C22H20FN/c23-16-10-12-17(13-11-16)24-21-14-20(15-6-2-1-3-7-15)22(24)19-9-5-4-8-18(19)21/h1-6,8-13,15,20-22H,7,14H2/t15?,20?,21-,22-/m1/s1. The van der Waals surface area contributed by atoms with Gasteiger partial charge in [0.05, 0.1) is 12.1 Å². The van der Waals surface area contributed by atoms with Crippen LogP contribution in [0.4, 0.5) is 10.1 Å². The van der Waals surface area contributed by atoms with Gasteiger partial charge in [-0.1, -0.05) is 48.6 Å². The molecule has 2 aromatic rings. The fraction of sp³-hybridized carbons (Fsp3) is 0.273. The average Bonchev–Trinajstić information content (AvgIpc) is 3.18. The van der Waals surface area contributed by atoms with Crippen LogP contribution in [-0.4, -0.2) is 0 Å². The SMILES string of the molecule is Fc1ccc(N2[C@@H]3CC(C4C=CC=CC4)[C@H]2c2ccccc23)cc1. The molecule has 0 saturated carbocycles. The molecule has 2 unspecified atom stereocenters. The Morgan fingerprint density at radius 3 is 2.46 bits per heavy atom. The highest BCUT2D eigenvalue weighted by Gasteiger charge is 2.51. The van der Waals surface area contributed by atoms with Crippen molar-refractivity contribution in [3.8, 4) is 0 Å². The quantitative estimate of drug-likeness (QED) is 0.699. The van der Waals surface area contributed by atoms with E-state index in [1.54, 1.807) is 12.1 Å². The number of allylic oxidation sites excluding steroid dienone is 4. The minimum Gasteiger partial charge on any atom is -0.357 e. The summed E-state index contributed by atoms with van der Waals surface area (Å²) in [5.74, 6) is 1.05. The molecule has 0 amide bonds. The molecule has 120 valence electrons. The Morgan fingerprint density at radius 2 is 1.71 bits per heavy atom. The smallest absolute Gasteiger partial charge is 0.123 e. The summed E-state index contributed by atoms with van der Waals surface area (Å²) in [6.07, 6.45) is 11.3. The van der Waals surface area contributed by atoms with Crippen LogP contribution in [-0.2, 0) is 0 Å². The van der Waals surface area contributed by atoms with Crippen molar-refractivity contribution in [2.45, 2.75) is 24.9 Å². The number of hydrogen-bond donors (Lipinski definition) is 0. The third-order valence-electron chi connectivity index (χ3n) is 5.90. The fourth-order valence-electron chi connectivity index (χ4n) is 4.92. The Kier molecular flexibility index (Phi) is 3.12. The van der Waals surface area contributed by atoms with Crippen LogP contribution in [0.1, 0.15) is 36.1 Å². The highest BCUT2D eigenvalue weighted by Crippen LogP contribution is 2.60. The van der Waals surface area contributed by atoms with Gasteiger partial charge in [-0.05, 0) is 60.1 Å². The lowest BCUT2D eigenvalue weighted by molar-refractivity contribution is 0.355. The first kappa shape index (κ1) is 14.0. The van der Waals surface area contributed by atoms with Crippen molar-refractivity contribution in [2.24, 2.45) is 11.8 Å². The van der Waals surface area contributed by atoms with Crippen molar-refractivity contribution in [1.29, 1.82) is 0 Å². The van der Waals surface area contributed by atoms with E-state index in [2.05, 4.69) is 53.5 Å². The Labute approximate surface area is 142 Å². The molecule has 4 atom stereocenters. The van der Waals surface area contributed by atoms with E-state index < -0.39 is 0 Å². The monoisotopic (exact) mass is 317 g/mol. The minimum absolute atomic E-state index is 0.167. The lowest BCUT2D eigenvalue weighted by atomic mass is 9.75. The lowest BCUT2D eigenvalue weighted by Crippen LogP contribution is -2.24. The molecule has 1 nitrogen and oxygen atoms in total. The van der Waals surface area contributed by atoms with Gasteiger partial charge in [-0.3, -0.25) is 0 Å². The topological polar surface area (TPSA) is 3.24 Å². The first-order chi connectivity index (χ1) is 11.8. The predicted molar refractivity (Wildman–Crippen MR) is 95.3 cm³/mol. The summed E-state index contributed by atoms with van der Waals surface area (Å²) >= 11 is 0. The van der Waals surface area contributed by atoms with Gasteiger partial charge in [0.2, 0.25) is 0 Å². The molecule has 2 heteroatoms. The van der Waals surface area contributed by atoms with Crippen LogP contribution in [0.25, 0.3) is 0 Å². The zero-order valence-corrected chi connectivity index (χ0v) is 13.5. The van der Waals surface area contributed by atoms with Gasteiger partial charge in [0.1, 0.15) is 5.82 Å². The molecule has 0 spiro atoms. The van der Waals surface area contributed by atoms with Crippen LogP contribution < -0.4 is 4.90 Å². The molecule has 1 fully saturated rings. The highest BCUT2D eigenvalue weighted by atomic mass is 19.1. The predicted octanol–water partition coefficient (Wildman–Crippen LogP) is 5.58. The summed E-state index contributed by atoms with van der Waals surface area (Å²) in [5.41, 5.74) is 4.06. The number of benzene rings is 2. The van der Waals surface area contributed by atoms with E-state index in [0.717, 1.165) is 12.1 Å². The normalized spacial score (nSPS) is 30.0. The van der Waals surface area contributed by atoms with Crippen LogP contribution in [0.15, 0.2) is 72.8 Å². The van der Waals surface area contributed by atoms with Crippen LogP contribution in [0.3, 0.4) is 0 Å². The maximum Gasteiger partial charge on any atom is 0.123 e. The molecule has 2 bridgehead atoms. The van der Waals surface area contributed by atoms with Gasteiger partial charge in [-0.25, -0.2) is 4.39 Å². The Balaban J connectivity index is 1.58. The van der Waals surface area contributed by atoms with Gasteiger partial charge >= 0.3 is 0 Å². The summed E-state index contributed by atoms with van der Waals surface area (Å²) in [7, 11) is 0. The fourth-order valence-corrected chi connectivity index (χ4v) is 4.92. The third kappa shape index (κ3) is 1.99. The van der Waals surface area contributed by atoms with Gasteiger partial charge in [-0.15, -0.1) is 0 Å². The molecule has 2 aliphatic heterocycles. The molecule has 1 saturated heterocycles. The van der Waals surface area contributed by atoms with Crippen LogP contribution in [0.2, 0.25) is 0 Å². The number of rotatable bonds is 2. The molecule has 0 aromatic heterocycles. The maximum atomic E-state index is 13.4. The van der Waals surface area contributed by atoms with E-state index in [0.29, 0.717) is 23.9 Å². The van der Waals surface area contributed by atoms with Crippen molar-refractivity contribution in [3.63, 3.8) is 0 Å². The van der Waals surface area contributed by atoms with Gasteiger partial charge < -0.3 is 4.90 Å². The number of halogens is 1. The zero-order valence-electron chi connectivity index (χ0n) is 13.5. The van der Waals surface area contributed by atoms with Crippen molar-refractivity contribution < 1.29 is 4.39 Å². The summed E-state index contributed by atoms with van der Waals surface area (Å²) < 4.78 is 13.4. The molecule has 2 aromatic carbocycles. The van der Waals surface area contributed by atoms with Crippen molar-refractivity contribution in [2.75, 3.05) is 4.90 Å². The third-order valence-corrected chi connectivity index (χ3v) is 5.90. The van der Waals surface area contributed by atoms with Crippen LogP contribution in [0, 0.1) is 17.7 Å². The van der Waals surface area contributed by atoms with E-state index in [1.807, 2.05) is 12.1 Å². The largest absolute Gasteiger partial charge is 0.357 e. The number of fused-ring (bicyclic) bond motifs is 5. The molecule has 24 heavy (non-hydrogen) atoms. The Morgan fingerprint density at radius 1 is 0.917 bits per heavy atom.